The topological polar surface area (TPSA) is 12.5 Å². The van der Waals surface area contributed by atoms with Crippen LogP contribution in [0.1, 0.15) is 27.7 Å². The van der Waals surface area contributed by atoms with E-state index < -0.39 is 0 Å². The molecule has 0 fully saturated rings. The Morgan fingerprint density at radius 1 is 1.30 bits per heavy atom. The van der Waals surface area contributed by atoms with Crippen molar-refractivity contribution in [3.63, 3.8) is 0 Å². The molecule has 62 valence electrons. The van der Waals surface area contributed by atoms with Crippen molar-refractivity contribution < 1.29 is 4.74 Å². The molecule has 0 aromatic carbocycles. The van der Waals surface area contributed by atoms with Gasteiger partial charge in [0.15, 0.2) is 0 Å². The van der Waals surface area contributed by atoms with E-state index in [0.29, 0.717) is 0 Å². The third kappa shape index (κ3) is 3.85. The average molecular weight is 145 g/mol. The smallest absolute Gasteiger partial charge is 0.0991 e. The Balaban J connectivity index is 3.52. The number of hydrogen-bond donors (Lipinski definition) is 0. The van der Waals surface area contributed by atoms with Crippen molar-refractivity contribution in [2.45, 2.75) is 33.2 Å². The van der Waals surface area contributed by atoms with Crippen LogP contribution < -0.4 is 0 Å². The summed E-state index contributed by atoms with van der Waals surface area (Å²) in [7, 11) is 2.07. The van der Waals surface area contributed by atoms with Gasteiger partial charge in [-0.15, -0.1) is 0 Å². The molecule has 0 saturated carbocycles. The maximum atomic E-state index is 5.25. The van der Waals surface area contributed by atoms with Crippen LogP contribution in [0, 0.1) is 0 Å². The molecule has 0 rings (SSSR count). The van der Waals surface area contributed by atoms with Gasteiger partial charge in [-0.2, -0.15) is 0 Å². The first-order valence-corrected chi connectivity index (χ1v) is 3.77. The zero-order valence-corrected chi connectivity index (χ0v) is 7.77. The van der Waals surface area contributed by atoms with E-state index in [1.165, 1.54) is 0 Å². The number of nitrogens with zero attached hydrogens (tertiary/aromatic N) is 1. The lowest BCUT2D eigenvalue weighted by Gasteiger charge is -2.31. The van der Waals surface area contributed by atoms with E-state index in [4.69, 9.17) is 4.74 Å². The molecule has 10 heavy (non-hydrogen) atoms. The summed E-state index contributed by atoms with van der Waals surface area (Å²) in [5.41, 5.74) is 0.217. The third-order valence-electron chi connectivity index (χ3n) is 1.63. The van der Waals surface area contributed by atoms with Gasteiger partial charge in [0, 0.05) is 12.1 Å². The van der Waals surface area contributed by atoms with Crippen LogP contribution in [0.15, 0.2) is 0 Å². The SMILES string of the molecule is CCOCN(C)C(C)(C)C. The van der Waals surface area contributed by atoms with Crippen LogP contribution in [-0.4, -0.2) is 30.8 Å². The molecule has 0 spiro atoms. The Hall–Kier alpha value is -0.0800. The molecule has 0 aliphatic carbocycles. The molecule has 2 nitrogen and oxygen atoms in total. The highest BCUT2D eigenvalue weighted by Gasteiger charge is 2.15. The molecular weight excluding hydrogens is 126 g/mol. The molecule has 0 atom stereocenters. The summed E-state index contributed by atoms with van der Waals surface area (Å²) in [5, 5.41) is 0. The Morgan fingerprint density at radius 3 is 2.10 bits per heavy atom. The first-order chi connectivity index (χ1) is 4.48. The summed E-state index contributed by atoms with van der Waals surface area (Å²) in [6, 6.07) is 0. The zero-order chi connectivity index (χ0) is 8.20. The Labute approximate surface area is 64.2 Å². The monoisotopic (exact) mass is 145 g/mol. The molecule has 0 N–H and O–H groups in total. The molecule has 2 heteroatoms. The number of rotatable bonds is 3. The third-order valence-corrected chi connectivity index (χ3v) is 1.63. The summed E-state index contributed by atoms with van der Waals surface area (Å²) in [6.45, 7) is 10.0. The zero-order valence-electron chi connectivity index (χ0n) is 7.77. The quantitative estimate of drug-likeness (QED) is 0.560. The van der Waals surface area contributed by atoms with Gasteiger partial charge in [-0.25, -0.2) is 0 Å². The summed E-state index contributed by atoms with van der Waals surface area (Å²) >= 11 is 0. The van der Waals surface area contributed by atoms with Gasteiger partial charge in [0.1, 0.15) is 0 Å². The van der Waals surface area contributed by atoms with E-state index in [-0.39, 0.29) is 5.54 Å². The summed E-state index contributed by atoms with van der Waals surface area (Å²) in [4.78, 5) is 2.18. The van der Waals surface area contributed by atoms with Gasteiger partial charge in [-0.05, 0) is 34.7 Å². The van der Waals surface area contributed by atoms with Crippen LogP contribution >= 0.6 is 0 Å². The first kappa shape index (κ1) is 9.92. The fraction of sp³-hybridized carbons (Fsp3) is 1.00. The van der Waals surface area contributed by atoms with E-state index >= 15 is 0 Å². The van der Waals surface area contributed by atoms with Crippen LogP contribution in [0.5, 0.6) is 0 Å². The molecule has 0 aliphatic rings. The Bertz CT molecular complexity index is 85.7. The van der Waals surface area contributed by atoms with Crippen molar-refractivity contribution in [2.24, 2.45) is 0 Å². The van der Waals surface area contributed by atoms with Crippen molar-refractivity contribution in [1.29, 1.82) is 0 Å². The van der Waals surface area contributed by atoms with Gasteiger partial charge < -0.3 is 4.74 Å². The molecule has 0 bridgehead atoms. The van der Waals surface area contributed by atoms with Crippen LogP contribution in [0.25, 0.3) is 0 Å². The van der Waals surface area contributed by atoms with E-state index in [1.54, 1.807) is 0 Å². The minimum absolute atomic E-state index is 0.217. The summed E-state index contributed by atoms with van der Waals surface area (Å²) in [5.74, 6) is 0. The van der Waals surface area contributed by atoms with E-state index in [9.17, 15) is 0 Å². The van der Waals surface area contributed by atoms with Crippen molar-refractivity contribution >= 4 is 0 Å². The predicted octanol–water partition coefficient (Wildman–Crippen LogP) is 1.71. The normalized spacial score (nSPS) is 12.6. The lowest BCUT2D eigenvalue weighted by Crippen LogP contribution is -2.39. The minimum Gasteiger partial charge on any atom is -0.366 e. The highest BCUT2D eigenvalue weighted by molar-refractivity contribution is 4.69. The first-order valence-electron chi connectivity index (χ1n) is 3.77. The van der Waals surface area contributed by atoms with Gasteiger partial charge in [0.25, 0.3) is 0 Å². The number of ether oxygens (including phenoxy) is 1. The molecule has 0 amide bonds. The van der Waals surface area contributed by atoms with Crippen LogP contribution in [-0.2, 0) is 4.74 Å². The highest BCUT2D eigenvalue weighted by atomic mass is 16.5. The molecule has 0 aliphatic heterocycles. The van der Waals surface area contributed by atoms with E-state index in [1.807, 2.05) is 6.92 Å². The lowest BCUT2D eigenvalue weighted by molar-refractivity contribution is 0.00473. The lowest BCUT2D eigenvalue weighted by atomic mass is 10.1. The van der Waals surface area contributed by atoms with Gasteiger partial charge >= 0.3 is 0 Å². The molecule has 0 saturated heterocycles. The molecular formula is C8H19NO. The second-order valence-corrected chi connectivity index (χ2v) is 3.49. The van der Waals surface area contributed by atoms with E-state index in [2.05, 4.69) is 32.7 Å². The summed E-state index contributed by atoms with van der Waals surface area (Å²) in [6.07, 6.45) is 0. The minimum atomic E-state index is 0.217. The molecule has 0 unspecified atom stereocenters. The largest absolute Gasteiger partial charge is 0.366 e. The number of hydrogen-bond acceptors (Lipinski definition) is 2. The van der Waals surface area contributed by atoms with Crippen LogP contribution in [0.4, 0.5) is 0 Å². The van der Waals surface area contributed by atoms with Gasteiger partial charge in [0.05, 0.1) is 6.73 Å². The van der Waals surface area contributed by atoms with Crippen LogP contribution in [0.2, 0.25) is 0 Å². The molecule has 0 aromatic rings. The second-order valence-electron chi connectivity index (χ2n) is 3.49. The van der Waals surface area contributed by atoms with Gasteiger partial charge in [-0.1, -0.05) is 0 Å². The molecule has 0 aromatic heterocycles. The average Bonchev–Trinajstić information content (AvgIpc) is 1.80. The Kier molecular flexibility index (Phi) is 3.91. The summed E-state index contributed by atoms with van der Waals surface area (Å²) < 4.78 is 5.25. The van der Waals surface area contributed by atoms with Crippen molar-refractivity contribution in [3.05, 3.63) is 0 Å². The Morgan fingerprint density at radius 2 is 1.80 bits per heavy atom. The van der Waals surface area contributed by atoms with Gasteiger partial charge in [0.2, 0.25) is 0 Å². The molecule has 0 heterocycles. The van der Waals surface area contributed by atoms with Crippen molar-refractivity contribution in [3.8, 4) is 0 Å². The predicted molar refractivity (Wildman–Crippen MR) is 44.0 cm³/mol. The fourth-order valence-corrected chi connectivity index (χ4v) is 0.422. The fourth-order valence-electron chi connectivity index (χ4n) is 0.422. The van der Waals surface area contributed by atoms with Crippen LogP contribution in [0.3, 0.4) is 0 Å². The standard InChI is InChI=1S/C8H19NO/c1-6-10-7-9(5)8(2,3)4/h6-7H2,1-5H3. The maximum absolute atomic E-state index is 5.25. The van der Waals surface area contributed by atoms with E-state index in [0.717, 1.165) is 13.3 Å². The highest BCUT2D eigenvalue weighted by Crippen LogP contribution is 2.09. The maximum Gasteiger partial charge on any atom is 0.0991 e. The molecule has 0 radical (unpaired) electrons. The van der Waals surface area contributed by atoms with Crippen molar-refractivity contribution in [1.82, 2.24) is 4.90 Å². The van der Waals surface area contributed by atoms with Crippen molar-refractivity contribution in [2.75, 3.05) is 20.4 Å². The van der Waals surface area contributed by atoms with Gasteiger partial charge in [-0.3, -0.25) is 4.90 Å². The second kappa shape index (κ2) is 3.94.